The van der Waals surface area contributed by atoms with Gasteiger partial charge in [-0.3, -0.25) is 14.5 Å². The second-order valence-electron chi connectivity index (χ2n) is 9.99. The molecule has 0 bridgehead atoms. The Morgan fingerprint density at radius 1 is 0.974 bits per heavy atom. The molecule has 2 aliphatic heterocycles. The molecule has 2 fully saturated rings. The zero-order valence-corrected chi connectivity index (χ0v) is 22.2. The standard InChI is InChI=1S/C29H36N4O5/c1-36-24-9-5-21(6-10-24)26-19-27(22-7-11-25(37-2)12-8-22)33(30-26)28(34)20-32(29(35)23-3-4-23)14-13-31-15-17-38-18-16-31/h5-12,23,27H,3-4,13-20H2,1-2H3/t27-/m1/s1. The number of benzene rings is 2. The molecule has 0 aromatic heterocycles. The monoisotopic (exact) mass is 520 g/mol. The summed E-state index contributed by atoms with van der Waals surface area (Å²) in [4.78, 5) is 31.0. The number of rotatable bonds is 10. The Labute approximate surface area is 223 Å². The highest BCUT2D eigenvalue weighted by molar-refractivity contribution is 6.03. The summed E-state index contributed by atoms with van der Waals surface area (Å²) in [6, 6.07) is 15.2. The number of amides is 2. The summed E-state index contributed by atoms with van der Waals surface area (Å²) in [6.45, 7) is 4.38. The molecule has 5 rings (SSSR count). The Bertz CT molecular complexity index is 1140. The van der Waals surface area contributed by atoms with E-state index in [1.54, 1.807) is 24.1 Å². The number of carbonyl (C=O) groups excluding carboxylic acids is 2. The Morgan fingerprint density at radius 3 is 2.21 bits per heavy atom. The second kappa shape index (κ2) is 12.0. The SMILES string of the molecule is COc1ccc(C2=NN(C(=O)CN(CCN3CCOCC3)C(=O)C3CC3)[C@@H](c3ccc(OC)cc3)C2)cc1. The van der Waals surface area contributed by atoms with E-state index in [-0.39, 0.29) is 30.3 Å². The van der Waals surface area contributed by atoms with Crippen molar-refractivity contribution in [1.29, 1.82) is 0 Å². The molecule has 1 saturated carbocycles. The third-order valence-electron chi connectivity index (χ3n) is 7.44. The molecule has 0 N–H and O–H groups in total. The molecule has 202 valence electrons. The summed E-state index contributed by atoms with van der Waals surface area (Å²) < 4.78 is 16.1. The van der Waals surface area contributed by atoms with Gasteiger partial charge in [0.15, 0.2) is 0 Å². The first-order valence-corrected chi connectivity index (χ1v) is 13.3. The largest absolute Gasteiger partial charge is 0.497 e. The van der Waals surface area contributed by atoms with E-state index in [1.165, 1.54) is 0 Å². The van der Waals surface area contributed by atoms with Gasteiger partial charge in [0.25, 0.3) is 5.91 Å². The fraction of sp³-hybridized carbons (Fsp3) is 0.483. The predicted molar refractivity (Wildman–Crippen MR) is 143 cm³/mol. The highest BCUT2D eigenvalue weighted by Crippen LogP contribution is 2.35. The molecule has 9 heteroatoms. The van der Waals surface area contributed by atoms with Crippen molar-refractivity contribution in [3.8, 4) is 11.5 Å². The molecule has 38 heavy (non-hydrogen) atoms. The maximum absolute atomic E-state index is 13.8. The normalized spacial score (nSPS) is 19.7. The van der Waals surface area contributed by atoms with Crippen molar-refractivity contribution < 1.29 is 23.8 Å². The van der Waals surface area contributed by atoms with Gasteiger partial charge in [-0.1, -0.05) is 12.1 Å². The van der Waals surface area contributed by atoms with Crippen LogP contribution in [0.5, 0.6) is 11.5 Å². The molecule has 2 heterocycles. The van der Waals surface area contributed by atoms with E-state index in [4.69, 9.17) is 19.3 Å². The Hall–Kier alpha value is -3.43. The van der Waals surface area contributed by atoms with Crippen molar-refractivity contribution >= 4 is 17.5 Å². The molecule has 3 aliphatic rings. The van der Waals surface area contributed by atoms with Gasteiger partial charge < -0.3 is 19.1 Å². The van der Waals surface area contributed by atoms with E-state index in [1.807, 2.05) is 48.5 Å². The minimum absolute atomic E-state index is 0.0196. The zero-order chi connectivity index (χ0) is 26.5. The summed E-state index contributed by atoms with van der Waals surface area (Å²) in [5.41, 5.74) is 2.74. The molecular weight excluding hydrogens is 484 g/mol. The fourth-order valence-electron chi connectivity index (χ4n) is 4.96. The zero-order valence-electron chi connectivity index (χ0n) is 22.2. The van der Waals surface area contributed by atoms with Crippen LogP contribution in [0.4, 0.5) is 0 Å². The number of hydrazone groups is 1. The van der Waals surface area contributed by atoms with Crippen molar-refractivity contribution in [3.63, 3.8) is 0 Å². The lowest BCUT2D eigenvalue weighted by molar-refractivity contribution is -0.142. The molecule has 1 aliphatic carbocycles. The van der Waals surface area contributed by atoms with Crippen LogP contribution in [0.15, 0.2) is 53.6 Å². The van der Waals surface area contributed by atoms with Crippen LogP contribution in [0, 0.1) is 5.92 Å². The molecule has 0 spiro atoms. The van der Waals surface area contributed by atoms with Crippen molar-refractivity contribution in [2.24, 2.45) is 11.0 Å². The number of carbonyl (C=O) groups is 2. The highest BCUT2D eigenvalue weighted by Gasteiger charge is 2.38. The van der Waals surface area contributed by atoms with Gasteiger partial charge in [-0.2, -0.15) is 5.10 Å². The Balaban J connectivity index is 1.36. The van der Waals surface area contributed by atoms with E-state index in [0.29, 0.717) is 26.2 Å². The van der Waals surface area contributed by atoms with Gasteiger partial charge in [-0.05, 0) is 60.4 Å². The number of ether oxygens (including phenoxy) is 3. The molecule has 9 nitrogen and oxygen atoms in total. The molecule has 1 saturated heterocycles. The lowest BCUT2D eigenvalue weighted by Crippen LogP contribution is -2.47. The number of hydrogen-bond acceptors (Lipinski definition) is 7. The third-order valence-corrected chi connectivity index (χ3v) is 7.44. The summed E-state index contributed by atoms with van der Waals surface area (Å²) >= 11 is 0. The quantitative estimate of drug-likeness (QED) is 0.479. The van der Waals surface area contributed by atoms with Crippen LogP contribution in [0.25, 0.3) is 0 Å². The van der Waals surface area contributed by atoms with Gasteiger partial charge in [-0.25, -0.2) is 5.01 Å². The molecule has 2 aromatic carbocycles. The average Bonchev–Trinajstić information content (AvgIpc) is 3.73. The molecule has 2 aromatic rings. The fourth-order valence-corrected chi connectivity index (χ4v) is 4.96. The summed E-state index contributed by atoms with van der Waals surface area (Å²) in [7, 11) is 3.27. The highest BCUT2D eigenvalue weighted by atomic mass is 16.5. The lowest BCUT2D eigenvalue weighted by Gasteiger charge is -2.31. The van der Waals surface area contributed by atoms with Crippen molar-refractivity contribution in [1.82, 2.24) is 14.8 Å². The van der Waals surface area contributed by atoms with Gasteiger partial charge in [0.1, 0.15) is 18.0 Å². The van der Waals surface area contributed by atoms with E-state index < -0.39 is 0 Å². The number of methoxy groups -OCH3 is 2. The van der Waals surface area contributed by atoms with E-state index in [9.17, 15) is 9.59 Å². The Morgan fingerprint density at radius 2 is 1.61 bits per heavy atom. The summed E-state index contributed by atoms with van der Waals surface area (Å²) in [5, 5.41) is 6.37. The van der Waals surface area contributed by atoms with Crippen LogP contribution in [0.3, 0.4) is 0 Å². The van der Waals surface area contributed by atoms with Crippen LogP contribution in [-0.4, -0.2) is 92.5 Å². The average molecular weight is 521 g/mol. The van der Waals surface area contributed by atoms with Gasteiger partial charge >= 0.3 is 0 Å². The lowest BCUT2D eigenvalue weighted by atomic mass is 9.98. The first-order chi connectivity index (χ1) is 18.6. The van der Waals surface area contributed by atoms with Crippen LogP contribution in [0.1, 0.15) is 36.4 Å². The van der Waals surface area contributed by atoms with Crippen LogP contribution >= 0.6 is 0 Å². The smallest absolute Gasteiger partial charge is 0.262 e. The van der Waals surface area contributed by atoms with Crippen LogP contribution in [0.2, 0.25) is 0 Å². The first kappa shape index (κ1) is 26.2. The number of hydrogen-bond donors (Lipinski definition) is 0. The second-order valence-corrected chi connectivity index (χ2v) is 9.99. The maximum Gasteiger partial charge on any atom is 0.262 e. The van der Waals surface area contributed by atoms with Crippen LogP contribution in [-0.2, 0) is 14.3 Å². The topological polar surface area (TPSA) is 83.9 Å². The minimum Gasteiger partial charge on any atom is -0.497 e. The molecular formula is C29H36N4O5. The van der Waals surface area contributed by atoms with Crippen molar-refractivity contribution in [2.45, 2.75) is 25.3 Å². The number of morpholine rings is 1. The van der Waals surface area contributed by atoms with Crippen molar-refractivity contribution in [3.05, 3.63) is 59.7 Å². The summed E-state index contributed by atoms with van der Waals surface area (Å²) in [6.07, 6.45) is 2.38. The molecule has 0 radical (unpaired) electrons. The van der Waals surface area contributed by atoms with Gasteiger partial charge in [0.05, 0.1) is 39.2 Å². The van der Waals surface area contributed by atoms with Gasteiger partial charge in [0.2, 0.25) is 5.91 Å². The van der Waals surface area contributed by atoms with Gasteiger partial charge in [0, 0.05) is 38.5 Å². The summed E-state index contributed by atoms with van der Waals surface area (Å²) in [5.74, 6) is 1.46. The Kier molecular flexibility index (Phi) is 8.24. The van der Waals surface area contributed by atoms with Crippen LogP contribution < -0.4 is 9.47 Å². The van der Waals surface area contributed by atoms with E-state index in [0.717, 1.165) is 60.8 Å². The molecule has 0 unspecified atom stereocenters. The van der Waals surface area contributed by atoms with Gasteiger partial charge in [-0.15, -0.1) is 0 Å². The first-order valence-electron chi connectivity index (χ1n) is 13.3. The van der Waals surface area contributed by atoms with E-state index >= 15 is 0 Å². The minimum atomic E-state index is -0.261. The maximum atomic E-state index is 13.8. The van der Waals surface area contributed by atoms with Crippen molar-refractivity contribution in [2.75, 3.05) is 60.2 Å². The predicted octanol–water partition coefficient (Wildman–Crippen LogP) is 2.95. The number of nitrogens with zero attached hydrogens (tertiary/aromatic N) is 4. The van der Waals surface area contributed by atoms with E-state index in [2.05, 4.69) is 4.90 Å². The molecule has 1 atom stereocenters. The third kappa shape index (κ3) is 6.16. The molecule has 2 amide bonds.